The Balaban J connectivity index is 2.56. The van der Waals surface area contributed by atoms with Gasteiger partial charge in [-0.05, 0) is 47.6 Å². The van der Waals surface area contributed by atoms with Gasteiger partial charge in [0, 0.05) is 8.96 Å². The molecule has 0 amide bonds. The highest BCUT2D eigenvalue weighted by Gasteiger charge is 2.05. The third-order valence-corrected chi connectivity index (χ3v) is 3.74. The molecular formula is C13H14INO. The highest BCUT2D eigenvalue weighted by atomic mass is 127. The number of nitrogens with zero attached hydrogens (tertiary/aromatic N) is 1. The van der Waals surface area contributed by atoms with Crippen molar-refractivity contribution < 1.29 is 4.74 Å². The van der Waals surface area contributed by atoms with Gasteiger partial charge in [-0.1, -0.05) is 19.1 Å². The van der Waals surface area contributed by atoms with Crippen molar-refractivity contribution in [1.29, 1.82) is 0 Å². The zero-order valence-corrected chi connectivity index (χ0v) is 11.6. The molecule has 0 unspecified atom stereocenters. The largest absolute Gasteiger partial charge is 0.492 e. The summed E-state index contributed by atoms with van der Waals surface area (Å²) in [6.45, 7) is 4.82. The van der Waals surface area contributed by atoms with Crippen LogP contribution >= 0.6 is 22.6 Å². The van der Waals surface area contributed by atoms with Gasteiger partial charge in [0.25, 0.3) is 0 Å². The molecule has 0 fully saturated rings. The van der Waals surface area contributed by atoms with Crippen molar-refractivity contribution in [2.45, 2.75) is 20.3 Å². The third-order valence-electron chi connectivity index (χ3n) is 2.54. The number of hydrogen-bond donors (Lipinski definition) is 0. The number of rotatable bonds is 3. The molecule has 0 saturated carbocycles. The van der Waals surface area contributed by atoms with E-state index in [4.69, 9.17) is 4.74 Å². The molecule has 2 nitrogen and oxygen atoms in total. The van der Waals surface area contributed by atoms with Crippen LogP contribution in [0.5, 0.6) is 5.75 Å². The van der Waals surface area contributed by atoms with E-state index in [-0.39, 0.29) is 0 Å². The fourth-order valence-corrected chi connectivity index (χ4v) is 2.72. The lowest BCUT2D eigenvalue weighted by molar-refractivity contribution is 0.339. The van der Waals surface area contributed by atoms with E-state index in [2.05, 4.69) is 46.6 Å². The van der Waals surface area contributed by atoms with Gasteiger partial charge in [-0.2, -0.15) is 0 Å². The Kier molecular flexibility index (Phi) is 3.63. The number of pyridine rings is 1. The second-order valence-electron chi connectivity index (χ2n) is 3.57. The van der Waals surface area contributed by atoms with Crippen LogP contribution < -0.4 is 4.74 Å². The number of benzene rings is 1. The van der Waals surface area contributed by atoms with E-state index in [1.54, 1.807) is 6.20 Å². The highest BCUT2D eigenvalue weighted by molar-refractivity contribution is 14.1. The third kappa shape index (κ3) is 2.14. The van der Waals surface area contributed by atoms with Crippen molar-refractivity contribution in [3.8, 4) is 5.75 Å². The van der Waals surface area contributed by atoms with E-state index >= 15 is 0 Å². The van der Waals surface area contributed by atoms with Crippen LogP contribution in [0.4, 0.5) is 0 Å². The van der Waals surface area contributed by atoms with E-state index in [1.807, 2.05) is 13.0 Å². The minimum absolute atomic E-state index is 0.678. The van der Waals surface area contributed by atoms with Crippen LogP contribution in [-0.4, -0.2) is 11.6 Å². The highest BCUT2D eigenvalue weighted by Crippen LogP contribution is 2.25. The number of hydrogen-bond acceptors (Lipinski definition) is 2. The second kappa shape index (κ2) is 4.99. The van der Waals surface area contributed by atoms with E-state index in [0.29, 0.717) is 6.61 Å². The van der Waals surface area contributed by atoms with E-state index < -0.39 is 0 Å². The maximum atomic E-state index is 5.45. The molecular weight excluding hydrogens is 313 g/mol. The zero-order valence-electron chi connectivity index (χ0n) is 9.46. The minimum Gasteiger partial charge on any atom is -0.492 e. The Bertz CT molecular complexity index is 511. The summed E-state index contributed by atoms with van der Waals surface area (Å²) in [5.41, 5.74) is 2.42. The summed E-state index contributed by atoms with van der Waals surface area (Å²) in [5, 5.41) is 1.15. The van der Waals surface area contributed by atoms with Crippen LogP contribution in [0.2, 0.25) is 0 Å². The molecule has 0 saturated heterocycles. The van der Waals surface area contributed by atoms with Crippen LogP contribution in [0.1, 0.15) is 19.4 Å². The summed E-state index contributed by atoms with van der Waals surface area (Å²) >= 11 is 2.37. The first kappa shape index (κ1) is 11.6. The summed E-state index contributed by atoms with van der Waals surface area (Å²) < 4.78 is 6.70. The van der Waals surface area contributed by atoms with Crippen molar-refractivity contribution in [2.75, 3.05) is 6.61 Å². The van der Waals surface area contributed by atoms with Crippen LogP contribution in [0.3, 0.4) is 0 Å². The predicted molar refractivity (Wildman–Crippen MR) is 75.0 cm³/mol. The number of aromatic nitrogens is 1. The molecule has 1 heterocycles. The van der Waals surface area contributed by atoms with Gasteiger partial charge in [0.2, 0.25) is 0 Å². The quantitative estimate of drug-likeness (QED) is 0.800. The number of fused-ring (bicyclic) bond motifs is 1. The van der Waals surface area contributed by atoms with Crippen molar-refractivity contribution in [2.24, 2.45) is 0 Å². The lowest BCUT2D eigenvalue weighted by Crippen LogP contribution is -1.94. The van der Waals surface area contributed by atoms with Crippen molar-refractivity contribution in [1.82, 2.24) is 4.98 Å². The van der Waals surface area contributed by atoms with E-state index in [9.17, 15) is 0 Å². The number of ether oxygens (including phenoxy) is 1. The zero-order chi connectivity index (χ0) is 11.5. The van der Waals surface area contributed by atoms with Gasteiger partial charge in [-0.25, -0.2) is 0 Å². The monoisotopic (exact) mass is 327 g/mol. The topological polar surface area (TPSA) is 22.1 Å². The molecule has 0 aliphatic rings. The van der Waals surface area contributed by atoms with Crippen LogP contribution in [0, 0.1) is 3.57 Å². The first-order valence-corrected chi connectivity index (χ1v) is 6.54. The maximum Gasteiger partial charge on any atom is 0.138 e. The average Bonchev–Trinajstić information content (AvgIpc) is 2.30. The van der Waals surface area contributed by atoms with Crippen molar-refractivity contribution in [3.63, 3.8) is 0 Å². The lowest BCUT2D eigenvalue weighted by Gasteiger charge is -2.07. The smallest absolute Gasteiger partial charge is 0.138 e. The first-order valence-electron chi connectivity index (χ1n) is 5.46. The van der Waals surface area contributed by atoms with Crippen LogP contribution in [0.15, 0.2) is 24.4 Å². The van der Waals surface area contributed by atoms with Crippen LogP contribution in [0.25, 0.3) is 10.9 Å². The van der Waals surface area contributed by atoms with Gasteiger partial charge in [0.1, 0.15) is 5.75 Å². The molecule has 2 rings (SSSR count). The van der Waals surface area contributed by atoms with E-state index in [0.717, 1.165) is 23.1 Å². The molecule has 2 aromatic rings. The fourth-order valence-electron chi connectivity index (χ4n) is 1.71. The van der Waals surface area contributed by atoms with Crippen molar-refractivity contribution in [3.05, 3.63) is 33.5 Å². The lowest BCUT2D eigenvalue weighted by atomic mass is 10.1. The molecule has 0 spiro atoms. The number of aryl methyl sites for hydroxylation is 1. The summed E-state index contributed by atoms with van der Waals surface area (Å²) in [5.74, 6) is 0.843. The molecule has 0 aliphatic heterocycles. The molecule has 1 aromatic heterocycles. The Morgan fingerprint density at radius 2 is 2.12 bits per heavy atom. The van der Waals surface area contributed by atoms with E-state index in [1.165, 1.54) is 9.13 Å². The predicted octanol–water partition coefficient (Wildman–Crippen LogP) is 3.80. The molecule has 0 radical (unpaired) electrons. The van der Waals surface area contributed by atoms with Gasteiger partial charge >= 0.3 is 0 Å². The minimum atomic E-state index is 0.678. The molecule has 16 heavy (non-hydrogen) atoms. The van der Waals surface area contributed by atoms with Gasteiger partial charge in [0.05, 0.1) is 18.3 Å². The molecule has 0 N–H and O–H groups in total. The molecule has 3 heteroatoms. The average molecular weight is 327 g/mol. The Morgan fingerprint density at radius 3 is 2.81 bits per heavy atom. The normalized spacial score (nSPS) is 10.7. The summed E-state index contributed by atoms with van der Waals surface area (Å²) in [4.78, 5) is 4.48. The summed E-state index contributed by atoms with van der Waals surface area (Å²) in [6, 6.07) is 6.33. The number of halogens is 1. The summed E-state index contributed by atoms with van der Waals surface area (Å²) in [6.07, 6.45) is 2.84. The Labute approximate surface area is 109 Å². The maximum absolute atomic E-state index is 5.45. The molecule has 1 aromatic carbocycles. The van der Waals surface area contributed by atoms with Gasteiger partial charge < -0.3 is 4.74 Å². The molecule has 0 bridgehead atoms. The fraction of sp³-hybridized carbons (Fsp3) is 0.308. The molecule has 84 valence electrons. The SMILES string of the molecule is CCOc1cnc2c(I)c(CC)ccc2c1. The first-order chi connectivity index (χ1) is 7.76. The Morgan fingerprint density at radius 1 is 1.31 bits per heavy atom. The molecule has 0 atom stereocenters. The van der Waals surface area contributed by atoms with Gasteiger partial charge in [0.15, 0.2) is 0 Å². The molecule has 0 aliphatic carbocycles. The van der Waals surface area contributed by atoms with Gasteiger partial charge in [-0.15, -0.1) is 0 Å². The van der Waals surface area contributed by atoms with Crippen molar-refractivity contribution >= 4 is 33.5 Å². The summed E-state index contributed by atoms with van der Waals surface area (Å²) in [7, 11) is 0. The second-order valence-corrected chi connectivity index (χ2v) is 4.65. The van der Waals surface area contributed by atoms with Crippen LogP contribution in [-0.2, 0) is 6.42 Å². The Hall–Kier alpha value is -0.840. The van der Waals surface area contributed by atoms with Gasteiger partial charge in [-0.3, -0.25) is 4.98 Å². The standard InChI is InChI=1S/C13H14INO/c1-3-9-5-6-10-7-11(16-4-2)8-15-13(10)12(9)14/h5-8H,3-4H2,1-2H3.